The van der Waals surface area contributed by atoms with Crippen molar-refractivity contribution < 1.29 is 14.7 Å². The Labute approximate surface area is 170 Å². The second kappa shape index (κ2) is 8.16. The van der Waals surface area contributed by atoms with Crippen LogP contribution in [0.4, 0.5) is 0 Å². The molecule has 0 aromatic carbocycles. The Morgan fingerprint density at radius 1 is 1.24 bits per heavy atom. The SMILES string of the molecule is Cc1nn(C)c(C)c1C(O)=C1C(=O)C(=O)N(CCCN(C)C)[C@@H]1c1ccccn1. The van der Waals surface area contributed by atoms with Gasteiger partial charge in [0, 0.05) is 25.5 Å². The van der Waals surface area contributed by atoms with Gasteiger partial charge in [-0.05, 0) is 53.0 Å². The largest absolute Gasteiger partial charge is 0.507 e. The summed E-state index contributed by atoms with van der Waals surface area (Å²) in [4.78, 5) is 33.7. The Morgan fingerprint density at radius 3 is 2.52 bits per heavy atom. The maximum absolute atomic E-state index is 13.0. The van der Waals surface area contributed by atoms with Gasteiger partial charge in [0.1, 0.15) is 11.8 Å². The van der Waals surface area contributed by atoms with Crippen molar-refractivity contribution in [2.24, 2.45) is 7.05 Å². The zero-order chi connectivity index (χ0) is 21.3. The first-order chi connectivity index (χ1) is 13.7. The topological polar surface area (TPSA) is 91.6 Å². The lowest BCUT2D eigenvalue weighted by molar-refractivity contribution is -0.140. The molecule has 0 saturated carbocycles. The molecule has 1 N–H and O–H groups in total. The molecule has 8 heteroatoms. The summed E-state index contributed by atoms with van der Waals surface area (Å²) < 4.78 is 1.65. The number of aromatic nitrogens is 3. The monoisotopic (exact) mass is 397 g/mol. The van der Waals surface area contributed by atoms with Crippen LogP contribution in [0.25, 0.3) is 5.76 Å². The Hall–Kier alpha value is -3.00. The van der Waals surface area contributed by atoms with Crippen LogP contribution in [0.5, 0.6) is 0 Å². The number of hydrogen-bond donors (Lipinski definition) is 1. The number of carbonyl (C=O) groups is 2. The predicted molar refractivity (Wildman–Crippen MR) is 109 cm³/mol. The highest BCUT2D eigenvalue weighted by Gasteiger charge is 2.46. The molecule has 0 aliphatic carbocycles. The molecule has 8 nitrogen and oxygen atoms in total. The van der Waals surface area contributed by atoms with Gasteiger partial charge in [-0.25, -0.2) is 0 Å². The van der Waals surface area contributed by atoms with Gasteiger partial charge in [-0.3, -0.25) is 19.3 Å². The van der Waals surface area contributed by atoms with Crippen LogP contribution in [0, 0.1) is 13.8 Å². The summed E-state index contributed by atoms with van der Waals surface area (Å²) in [6, 6.07) is 4.63. The van der Waals surface area contributed by atoms with Gasteiger partial charge in [0.15, 0.2) is 0 Å². The number of ketones is 1. The third-order valence-corrected chi connectivity index (χ3v) is 5.26. The molecule has 0 bridgehead atoms. The number of hydrogen-bond acceptors (Lipinski definition) is 6. The summed E-state index contributed by atoms with van der Waals surface area (Å²) in [5.41, 5.74) is 2.43. The fourth-order valence-electron chi connectivity index (χ4n) is 3.76. The van der Waals surface area contributed by atoms with E-state index in [1.54, 1.807) is 37.0 Å². The third kappa shape index (κ3) is 3.80. The van der Waals surface area contributed by atoms with Crippen LogP contribution in [-0.2, 0) is 16.6 Å². The minimum Gasteiger partial charge on any atom is -0.507 e. The predicted octanol–water partition coefficient (Wildman–Crippen LogP) is 1.81. The van der Waals surface area contributed by atoms with Crippen molar-refractivity contribution in [2.45, 2.75) is 26.3 Å². The van der Waals surface area contributed by atoms with Crippen LogP contribution >= 0.6 is 0 Å². The third-order valence-electron chi connectivity index (χ3n) is 5.26. The molecule has 2 aromatic rings. The van der Waals surface area contributed by atoms with Gasteiger partial charge < -0.3 is 14.9 Å². The number of carbonyl (C=O) groups excluding carboxylic acids is 2. The van der Waals surface area contributed by atoms with Crippen molar-refractivity contribution in [1.82, 2.24) is 24.6 Å². The van der Waals surface area contributed by atoms with E-state index in [-0.39, 0.29) is 11.3 Å². The fraction of sp³-hybridized carbons (Fsp3) is 0.429. The minimum atomic E-state index is -0.725. The van der Waals surface area contributed by atoms with Crippen molar-refractivity contribution in [1.29, 1.82) is 0 Å². The first-order valence-electron chi connectivity index (χ1n) is 9.58. The Bertz CT molecular complexity index is 962. The number of amides is 1. The van der Waals surface area contributed by atoms with Gasteiger partial charge in [0.05, 0.1) is 22.5 Å². The quantitative estimate of drug-likeness (QED) is 0.454. The van der Waals surface area contributed by atoms with Crippen LogP contribution < -0.4 is 0 Å². The van der Waals surface area contributed by atoms with Crippen molar-refractivity contribution >= 4 is 17.4 Å². The second-order valence-corrected chi connectivity index (χ2v) is 7.57. The standard InChI is InChI=1S/C21H27N5O3/c1-13-16(14(2)25(5)23-13)19(27)17-18(15-9-6-7-10-22-15)26(21(29)20(17)28)12-8-11-24(3)4/h6-7,9-10,18,27H,8,11-12H2,1-5H3/t18-/m1/s1. The van der Waals surface area contributed by atoms with Crippen molar-refractivity contribution in [3.8, 4) is 0 Å². The molecular formula is C21H27N5O3. The van der Waals surface area contributed by atoms with E-state index >= 15 is 0 Å². The van der Waals surface area contributed by atoms with Crippen LogP contribution in [0.1, 0.15) is 35.1 Å². The highest BCUT2D eigenvalue weighted by atomic mass is 16.3. The molecule has 29 heavy (non-hydrogen) atoms. The number of likely N-dealkylation sites (tertiary alicyclic amines) is 1. The molecule has 1 saturated heterocycles. The average molecular weight is 397 g/mol. The van der Waals surface area contributed by atoms with E-state index in [0.717, 1.165) is 12.2 Å². The number of aliphatic hydroxyl groups excluding tert-OH is 1. The van der Waals surface area contributed by atoms with Crippen molar-refractivity contribution in [3.63, 3.8) is 0 Å². The van der Waals surface area contributed by atoms with Crippen molar-refractivity contribution in [2.75, 3.05) is 27.2 Å². The Kier molecular flexibility index (Phi) is 5.83. The summed E-state index contributed by atoms with van der Waals surface area (Å²) in [7, 11) is 5.69. The molecule has 154 valence electrons. The first kappa shape index (κ1) is 20.7. The molecule has 0 spiro atoms. The lowest BCUT2D eigenvalue weighted by Gasteiger charge is -2.25. The Balaban J connectivity index is 2.13. The van der Waals surface area contributed by atoms with E-state index in [1.807, 2.05) is 32.0 Å². The molecule has 1 aliphatic rings. The molecule has 0 unspecified atom stereocenters. The summed E-state index contributed by atoms with van der Waals surface area (Å²) in [5.74, 6) is -1.50. The molecule has 1 aliphatic heterocycles. The van der Waals surface area contributed by atoms with Gasteiger partial charge >= 0.3 is 0 Å². The number of nitrogens with zero attached hydrogens (tertiary/aromatic N) is 5. The van der Waals surface area contributed by atoms with Crippen LogP contribution in [0.15, 0.2) is 30.0 Å². The summed E-state index contributed by atoms with van der Waals surface area (Å²) in [5, 5.41) is 15.5. The zero-order valence-corrected chi connectivity index (χ0v) is 17.5. The first-order valence-corrected chi connectivity index (χ1v) is 9.58. The Morgan fingerprint density at radius 2 is 1.97 bits per heavy atom. The summed E-state index contributed by atoms with van der Waals surface area (Å²) in [6.45, 7) is 4.76. The molecular weight excluding hydrogens is 370 g/mol. The van der Waals surface area contributed by atoms with E-state index in [9.17, 15) is 14.7 Å². The molecule has 0 radical (unpaired) electrons. The minimum absolute atomic E-state index is 0.0674. The van der Waals surface area contributed by atoms with Crippen LogP contribution in [0.3, 0.4) is 0 Å². The number of rotatable bonds is 6. The molecule has 3 rings (SSSR count). The number of pyridine rings is 1. The molecule has 3 heterocycles. The summed E-state index contributed by atoms with van der Waals surface area (Å²) in [6.07, 6.45) is 2.32. The maximum atomic E-state index is 13.0. The molecule has 1 atom stereocenters. The van der Waals surface area contributed by atoms with Crippen molar-refractivity contribution in [3.05, 3.63) is 52.6 Å². The maximum Gasteiger partial charge on any atom is 0.295 e. The lowest BCUT2D eigenvalue weighted by atomic mass is 9.97. The van der Waals surface area contributed by atoms with E-state index in [2.05, 4.69) is 10.1 Å². The smallest absolute Gasteiger partial charge is 0.295 e. The van der Waals surface area contributed by atoms with Crippen LogP contribution in [0.2, 0.25) is 0 Å². The second-order valence-electron chi connectivity index (χ2n) is 7.57. The number of aliphatic hydroxyl groups is 1. The molecule has 1 amide bonds. The van der Waals surface area contributed by atoms with Gasteiger partial charge in [-0.15, -0.1) is 0 Å². The zero-order valence-electron chi connectivity index (χ0n) is 17.5. The highest BCUT2D eigenvalue weighted by Crippen LogP contribution is 2.39. The van der Waals surface area contributed by atoms with Crippen LogP contribution in [-0.4, -0.2) is 68.5 Å². The summed E-state index contributed by atoms with van der Waals surface area (Å²) >= 11 is 0. The van der Waals surface area contributed by atoms with Gasteiger partial charge in [0.25, 0.3) is 11.7 Å². The fourth-order valence-corrected chi connectivity index (χ4v) is 3.76. The molecule has 2 aromatic heterocycles. The molecule has 1 fully saturated rings. The van der Waals surface area contributed by atoms with Gasteiger partial charge in [-0.1, -0.05) is 6.07 Å². The van der Waals surface area contributed by atoms with Gasteiger partial charge in [-0.2, -0.15) is 5.10 Å². The number of aryl methyl sites for hydroxylation is 2. The van der Waals surface area contributed by atoms with E-state index in [1.165, 1.54) is 4.90 Å². The van der Waals surface area contributed by atoms with Gasteiger partial charge in [0.2, 0.25) is 0 Å². The number of Topliss-reactive ketones (excluding diaryl/α,β-unsaturated/α-hetero) is 1. The average Bonchev–Trinajstić information content (AvgIpc) is 3.08. The van der Waals surface area contributed by atoms with E-state index in [4.69, 9.17) is 0 Å². The van der Waals surface area contributed by atoms with E-state index < -0.39 is 17.7 Å². The van der Waals surface area contributed by atoms with E-state index in [0.29, 0.717) is 29.9 Å². The highest BCUT2D eigenvalue weighted by molar-refractivity contribution is 6.46. The lowest BCUT2D eigenvalue weighted by Crippen LogP contribution is -2.32. The normalized spacial score (nSPS) is 18.8.